The van der Waals surface area contributed by atoms with E-state index in [-0.39, 0.29) is 5.78 Å². The van der Waals surface area contributed by atoms with Gasteiger partial charge in [-0.2, -0.15) is 0 Å². The molecular formula is C15H20O. The standard InChI is InChI=1S/C15H20O/c1-11(10-12(2)16)13-6-8-15(9-7-13)14-4-3-5-14/h6-9,11,14H,3-5,10H2,1-2H3. The van der Waals surface area contributed by atoms with Crippen molar-refractivity contribution in [3.05, 3.63) is 35.4 Å². The normalized spacial score (nSPS) is 17.9. The number of ketones is 1. The van der Waals surface area contributed by atoms with Crippen LogP contribution in [0.15, 0.2) is 24.3 Å². The molecule has 1 aliphatic carbocycles. The van der Waals surface area contributed by atoms with Crippen molar-refractivity contribution in [2.45, 2.75) is 51.4 Å². The average Bonchev–Trinajstić information content (AvgIpc) is 2.15. The van der Waals surface area contributed by atoms with Crippen LogP contribution in [0.25, 0.3) is 0 Å². The summed E-state index contributed by atoms with van der Waals surface area (Å²) in [7, 11) is 0. The molecule has 1 aromatic rings. The predicted octanol–water partition coefficient (Wildman–Crippen LogP) is 4.04. The van der Waals surface area contributed by atoms with Gasteiger partial charge in [-0.15, -0.1) is 0 Å². The van der Waals surface area contributed by atoms with Gasteiger partial charge in [0.15, 0.2) is 0 Å². The number of rotatable bonds is 4. The third kappa shape index (κ3) is 2.52. The summed E-state index contributed by atoms with van der Waals surface area (Å²) in [4.78, 5) is 11.1. The van der Waals surface area contributed by atoms with Gasteiger partial charge in [0.25, 0.3) is 0 Å². The molecule has 16 heavy (non-hydrogen) atoms. The molecule has 0 saturated heterocycles. The summed E-state index contributed by atoms with van der Waals surface area (Å²) in [5.41, 5.74) is 2.77. The summed E-state index contributed by atoms with van der Waals surface area (Å²) in [5, 5.41) is 0. The second-order valence-corrected chi connectivity index (χ2v) is 5.10. The van der Waals surface area contributed by atoms with Gasteiger partial charge in [0.05, 0.1) is 0 Å². The molecule has 0 heterocycles. The van der Waals surface area contributed by atoms with Crippen LogP contribution in [0.2, 0.25) is 0 Å². The lowest BCUT2D eigenvalue weighted by atomic mass is 9.79. The molecule has 1 unspecified atom stereocenters. The minimum Gasteiger partial charge on any atom is -0.300 e. The summed E-state index contributed by atoms with van der Waals surface area (Å²) < 4.78 is 0. The second kappa shape index (κ2) is 4.82. The maximum absolute atomic E-state index is 11.1. The van der Waals surface area contributed by atoms with Gasteiger partial charge in [-0.3, -0.25) is 0 Å². The molecule has 1 aliphatic rings. The van der Waals surface area contributed by atoms with Crippen molar-refractivity contribution in [3.8, 4) is 0 Å². The van der Waals surface area contributed by atoms with Crippen LogP contribution in [0, 0.1) is 0 Å². The third-order valence-electron chi connectivity index (χ3n) is 3.68. The Morgan fingerprint density at radius 2 is 1.94 bits per heavy atom. The summed E-state index contributed by atoms with van der Waals surface area (Å²) in [5.74, 6) is 1.43. The van der Waals surface area contributed by atoms with Gasteiger partial charge in [0, 0.05) is 6.42 Å². The molecule has 0 aliphatic heterocycles. The first kappa shape index (κ1) is 11.4. The van der Waals surface area contributed by atoms with Crippen LogP contribution >= 0.6 is 0 Å². The first-order valence-electron chi connectivity index (χ1n) is 6.26. The van der Waals surface area contributed by atoms with Gasteiger partial charge in [-0.1, -0.05) is 37.6 Å². The molecule has 0 bridgehead atoms. The van der Waals surface area contributed by atoms with E-state index < -0.39 is 0 Å². The van der Waals surface area contributed by atoms with E-state index in [0.717, 1.165) is 5.92 Å². The minimum absolute atomic E-state index is 0.274. The van der Waals surface area contributed by atoms with Crippen molar-refractivity contribution < 1.29 is 4.79 Å². The fourth-order valence-corrected chi connectivity index (χ4v) is 2.39. The van der Waals surface area contributed by atoms with Gasteiger partial charge < -0.3 is 4.79 Å². The highest BCUT2D eigenvalue weighted by Crippen LogP contribution is 2.36. The third-order valence-corrected chi connectivity index (χ3v) is 3.68. The maximum Gasteiger partial charge on any atom is 0.130 e. The van der Waals surface area contributed by atoms with E-state index in [1.165, 1.54) is 30.4 Å². The first-order valence-corrected chi connectivity index (χ1v) is 6.26. The summed E-state index contributed by atoms with van der Waals surface area (Å²) in [6.07, 6.45) is 4.74. The van der Waals surface area contributed by atoms with Gasteiger partial charge in [0.2, 0.25) is 0 Å². The van der Waals surface area contributed by atoms with Gasteiger partial charge in [-0.05, 0) is 42.7 Å². The van der Waals surface area contributed by atoms with Crippen molar-refractivity contribution in [1.29, 1.82) is 0 Å². The molecule has 1 fully saturated rings. The monoisotopic (exact) mass is 216 g/mol. The molecule has 0 spiro atoms. The molecule has 0 N–H and O–H groups in total. The van der Waals surface area contributed by atoms with Crippen LogP contribution in [-0.2, 0) is 4.79 Å². The van der Waals surface area contributed by atoms with Crippen LogP contribution in [-0.4, -0.2) is 5.78 Å². The van der Waals surface area contributed by atoms with Crippen LogP contribution < -0.4 is 0 Å². The van der Waals surface area contributed by atoms with Crippen molar-refractivity contribution in [3.63, 3.8) is 0 Å². The zero-order valence-corrected chi connectivity index (χ0v) is 10.2. The van der Waals surface area contributed by atoms with Crippen molar-refractivity contribution in [1.82, 2.24) is 0 Å². The first-order chi connectivity index (χ1) is 7.66. The van der Waals surface area contributed by atoms with E-state index >= 15 is 0 Å². The SMILES string of the molecule is CC(=O)CC(C)c1ccc(C2CCC2)cc1. The predicted molar refractivity (Wildman–Crippen MR) is 66.7 cm³/mol. The van der Waals surface area contributed by atoms with Crippen molar-refractivity contribution >= 4 is 5.78 Å². The van der Waals surface area contributed by atoms with E-state index in [9.17, 15) is 4.79 Å². The van der Waals surface area contributed by atoms with Crippen LogP contribution in [0.1, 0.15) is 62.5 Å². The molecular weight excluding hydrogens is 196 g/mol. The minimum atomic E-state index is 0.274. The zero-order valence-electron chi connectivity index (χ0n) is 10.2. The van der Waals surface area contributed by atoms with Crippen LogP contribution in [0.4, 0.5) is 0 Å². The molecule has 0 radical (unpaired) electrons. The Kier molecular flexibility index (Phi) is 3.42. The number of carbonyl (C=O) groups is 1. The van der Waals surface area contributed by atoms with E-state index in [1.807, 2.05) is 0 Å². The van der Waals surface area contributed by atoms with Crippen molar-refractivity contribution in [2.24, 2.45) is 0 Å². The molecule has 0 amide bonds. The fourth-order valence-electron chi connectivity index (χ4n) is 2.39. The molecule has 1 atom stereocenters. The van der Waals surface area contributed by atoms with Crippen molar-refractivity contribution in [2.75, 3.05) is 0 Å². The molecule has 1 saturated carbocycles. The summed E-state index contributed by atoms with van der Waals surface area (Å²) in [6.45, 7) is 3.79. The Bertz CT molecular complexity index is 360. The highest BCUT2D eigenvalue weighted by molar-refractivity contribution is 5.76. The topological polar surface area (TPSA) is 17.1 Å². The number of benzene rings is 1. The Morgan fingerprint density at radius 1 is 1.31 bits per heavy atom. The molecule has 86 valence electrons. The van der Waals surface area contributed by atoms with Crippen LogP contribution in [0.3, 0.4) is 0 Å². The van der Waals surface area contributed by atoms with Gasteiger partial charge >= 0.3 is 0 Å². The van der Waals surface area contributed by atoms with E-state index in [2.05, 4.69) is 31.2 Å². The quantitative estimate of drug-likeness (QED) is 0.742. The Morgan fingerprint density at radius 3 is 2.38 bits per heavy atom. The summed E-state index contributed by atoms with van der Waals surface area (Å²) in [6, 6.07) is 8.88. The Labute approximate surface area is 97.9 Å². The maximum atomic E-state index is 11.1. The lowest BCUT2D eigenvalue weighted by molar-refractivity contribution is -0.117. The lowest BCUT2D eigenvalue weighted by Gasteiger charge is -2.26. The van der Waals surface area contributed by atoms with E-state index in [0.29, 0.717) is 12.3 Å². The summed E-state index contributed by atoms with van der Waals surface area (Å²) >= 11 is 0. The number of hydrogen-bond acceptors (Lipinski definition) is 1. The average molecular weight is 216 g/mol. The number of carbonyl (C=O) groups excluding carboxylic acids is 1. The molecule has 2 rings (SSSR count). The molecule has 0 aromatic heterocycles. The molecule has 1 aromatic carbocycles. The highest BCUT2D eigenvalue weighted by atomic mass is 16.1. The smallest absolute Gasteiger partial charge is 0.130 e. The Hall–Kier alpha value is -1.11. The highest BCUT2D eigenvalue weighted by Gasteiger charge is 2.19. The fraction of sp³-hybridized carbons (Fsp3) is 0.533. The lowest BCUT2D eigenvalue weighted by Crippen LogP contribution is -2.08. The van der Waals surface area contributed by atoms with E-state index in [1.54, 1.807) is 6.92 Å². The molecule has 1 heteroatoms. The van der Waals surface area contributed by atoms with E-state index in [4.69, 9.17) is 0 Å². The van der Waals surface area contributed by atoms with Gasteiger partial charge in [-0.25, -0.2) is 0 Å². The largest absolute Gasteiger partial charge is 0.300 e. The van der Waals surface area contributed by atoms with Gasteiger partial charge in [0.1, 0.15) is 5.78 Å². The van der Waals surface area contributed by atoms with Crippen LogP contribution in [0.5, 0.6) is 0 Å². The molecule has 1 nitrogen and oxygen atoms in total. The Balaban J connectivity index is 2.03. The number of Topliss-reactive ketones (excluding diaryl/α,β-unsaturated/α-hetero) is 1. The zero-order chi connectivity index (χ0) is 11.5. The number of hydrogen-bond donors (Lipinski definition) is 0. The second-order valence-electron chi connectivity index (χ2n) is 5.10.